The minimum absolute atomic E-state index is 0.133. The standard InChI is InChI=1S/C16H13Br2NO4/c17-12-8-5-9(13(12)18)11-10(8)14(20)19(15(11)21)7-3-1-6(2-4-7)16(22)23/h1-4,8-13H,5H2,(H,22,23)/t8-,9-,10-,11-,12-,13+/m1/s1. The smallest absolute Gasteiger partial charge is 0.335 e. The lowest BCUT2D eigenvalue weighted by Crippen LogP contribution is -2.37. The number of carbonyl (C=O) groups excluding carboxylic acids is 2. The normalized spacial score (nSPS) is 38.3. The van der Waals surface area contributed by atoms with Gasteiger partial charge in [0.2, 0.25) is 11.8 Å². The van der Waals surface area contributed by atoms with Crippen LogP contribution in [0.1, 0.15) is 16.8 Å². The zero-order valence-electron chi connectivity index (χ0n) is 11.9. The van der Waals surface area contributed by atoms with Crippen LogP contribution < -0.4 is 4.90 Å². The second-order valence-electron chi connectivity index (χ2n) is 6.37. The molecule has 3 fully saturated rings. The molecule has 2 amide bonds. The number of anilines is 1. The number of amides is 2. The van der Waals surface area contributed by atoms with Gasteiger partial charge in [-0.05, 0) is 42.5 Å². The van der Waals surface area contributed by atoms with Gasteiger partial charge in [0.1, 0.15) is 0 Å². The number of carbonyl (C=O) groups is 3. The zero-order chi connectivity index (χ0) is 16.5. The second-order valence-corrected chi connectivity index (χ2v) is 8.48. The van der Waals surface area contributed by atoms with E-state index in [1.807, 2.05) is 0 Å². The van der Waals surface area contributed by atoms with E-state index in [1.165, 1.54) is 29.2 Å². The van der Waals surface area contributed by atoms with Gasteiger partial charge < -0.3 is 5.11 Å². The summed E-state index contributed by atoms with van der Waals surface area (Å²) in [6.45, 7) is 0. The molecule has 120 valence electrons. The van der Waals surface area contributed by atoms with Crippen LogP contribution in [0.5, 0.6) is 0 Å². The van der Waals surface area contributed by atoms with Crippen molar-refractivity contribution >= 4 is 55.3 Å². The Hall–Kier alpha value is -1.21. The van der Waals surface area contributed by atoms with Crippen LogP contribution in [0.25, 0.3) is 0 Å². The highest BCUT2D eigenvalue weighted by Crippen LogP contribution is 2.60. The summed E-state index contributed by atoms with van der Waals surface area (Å²) in [7, 11) is 0. The minimum Gasteiger partial charge on any atom is -0.478 e. The molecular formula is C16H13Br2NO4. The van der Waals surface area contributed by atoms with E-state index in [1.54, 1.807) is 0 Å². The van der Waals surface area contributed by atoms with Gasteiger partial charge in [0.05, 0.1) is 23.1 Å². The van der Waals surface area contributed by atoms with Crippen molar-refractivity contribution in [1.82, 2.24) is 0 Å². The summed E-state index contributed by atoms with van der Waals surface area (Å²) in [5.41, 5.74) is 0.588. The molecule has 2 saturated carbocycles. The number of aromatic carboxylic acids is 1. The lowest BCUT2D eigenvalue weighted by molar-refractivity contribution is -0.123. The largest absolute Gasteiger partial charge is 0.478 e. The maximum absolute atomic E-state index is 12.8. The Morgan fingerprint density at radius 3 is 1.91 bits per heavy atom. The highest BCUT2D eigenvalue weighted by atomic mass is 79.9. The quantitative estimate of drug-likeness (QED) is 0.564. The first-order chi connectivity index (χ1) is 10.9. The van der Waals surface area contributed by atoms with E-state index in [0.29, 0.717) is 5.69 Å². The summed E-state index contributed by atoms with van der Waals surface area (Å²) in [6, 6.07) is 5.89. The van der Waals surface area contributed by atoms with Crippen molar-refractivity contribution in [1.29, 1.82) is 0 Å². The van der Waals surface area contributed by atoms with Crippen molar-refractivity contribution < 1.29 is 19.5 Å². The van der Waals surface area contributed by atoms with E-state index in [-0.39, 0.29) is 50.7 Å². The monoisotopic (exact) mass is 441 g/mol. The molecule has 4 rings (SSSR count). The molecule has 6 atom stereocenters. The molecule has 0 aromatic heterocycles. The number of hydrogen-bond donors (Lipinski definition) is 1. The van der Waals surface area contributed by atoms with Crippen LogP contribution in [-0.4, -0.2) is 32.5 Å². The number of halogens is 2. The van der Waals surface area contributed by atoms with Gasteiger partial charge in [-0.15, -0.1) is 0 Å². The van der Waals surface area contributed by atoms with Gasteiger partial charge in [-0.3, -0.25) is 14.5 Å². The molecule has 1 heterocycles. The molecule has 5 nitrogen and oxygen atoms in total. The number of fused-ring (bicyclic) bond motifs is 5. The fourth-order valence-corrected chi connectivity index (χ4v) is 6.23. The Labute approximate surface area is 149 Å². The molecule has 2 bridgehead atoms. The summed E-state index contributed by atoms with van der Waals surface area (Å²) in [5, 5.41) is 8.95. The molecule has 1 saturated heterocycles. The lowest BCUT2D eigenvalue weighted by Gasteiger charge is -2.28. The average molecular weight is 443 g/mol. The van der Waals surface area contributed by atoms with Crippen molar-refractivity contribution in [2.45, 2.75) is 16.1 Å². The first-order valence-corrected chi connectivity index (χ1v) is 9.24. The molecule has 3 aliphatic rings. The Morgan fingerprint density at radius 1 is 1.00 bits per heavy atom. The van der Waals surface area contributed by atoms with Crippen LogP contribution in [0, 0.1) is 23.7 Å². The van der Waals surface area contributed by atoms with E-state index in [9.17, 15) is 14.4 Å². The summed E-state index contributed by atoms with van der Waals surface area (Å²) in [5.74, 6) is -1.51. The van der Waals surface area contributed by atoms with Crippen molar-refractivity contribution in [3.63, 3.8) is 0 Å². The van der Waals surface area contributed by atoms with Gasteiger partial charge in [0.15, 0.2) is 0 Å². The molecular weight excluding hydrogens is 430 g/mol. The number of imide groups is 1. The third-order valence-electron chi connectivity index (χ3n) is 5.36. The highest BCUT2D eigenvalue weighted by molar-refractivity contribution is 9.12. The molecule has 1 aromatic carbocycles. The Bertz CT molecular complexity index is 687. The average Bonchev–Trinajstić information content (AvgIpc) is 3.12. The minimum atomic E-state index is -1.03. The third kappa shape index (κ3) is 1.99. The van der Waals surface area contributed by atoms with E-state index >= 15 is 0 Å². The van der Waals surface area contributed by atoms with E-state index in [2.05, 4.69) is 31.9 Å². The van der Waals surface area contributed by atoms with Crippen LogP contribution in [0.15, 0.2) is 24.3 Å². The molecule has 2 aliphatic carbocycles. The number of rotatable bonds is 2. The van der Waals surface area contributed by atoms with Crippen molar-refractivity contribution in [3.05, 3.63) is 29.8 Å². The molecule has 0 radical (unpaired) electrons. The second kappa shape index (κ2) is 5.14. The maximum atomic E-state index is 12.8. The molecule has 0 unspecified atom stereocenters. The zero-order valence-corrected chi connectivity index (χ0v) is 15.0. The molecule has 1 aromatic rings. The van der Waals surface area contributed by atoms with Gasteiger partial charge >= 0.3 is 5.97 Å². The van der Waals surface area contributed by atoms with Crippen LogP contribution in [0.3, 0.4) is 0 Å². The summed E-state index contributed by atoms with van der Waals surface area (Å²) >= 11 is 7.30. The number of benzene rings is 1. The Kier molecular flexibility index (Phi) is 3.43. The summed E-state index contributed by atoms with van der Waals surface area (Å²) in [6.07, 6.45) is 0.893. The van der Waals surface area contributed by atoms with Crippen LogP contribution >= 0.6 is 31.9 Å². The fourth-order valence-electron chi connectivity index (χ4n) is 4.36. The van der Waals surface area contributed by atoms with Crippen molar-refractivity contribution in [2.75, 3.05) is 4.90 Å². The number of carboxylic acid groups (broad SMARTS) is 1. The summed E-state index contributed by atoms with van der Waals surface area (Å²) in [4.78, 5) is 38.2. The van der Waals surface area contributed by atoms with Crippen LogP contribution in [-0.2, 0) is 9.59 Å². The molecule has 0 spiro atoms. The summed E-state index contributed by atoms with van der Waals surface area (Å²) < 4.78 is 0. The predicted octanol–water partition coefficient (Wildman–Crippen LogP) is 2.67. The molecule has 1 N–H and O–H groups in total. The highest BCUT2D eigenvalue weighted by Gasteiger charge is 2.66. The van der Waals surface area contributed by atoms with Gasteiger partial charge in [-0.1, -0.05) is 31.9 Å². The van der Waals surface area contributed by atoms with E-state index in [4.69, 9.17) is 5.11 Å². The number of carboxylic acids is 1. The molecule has 23 heavy (non-hydrogen) atoms. The van der Waals surface area contributed by atoms with Gasteiger partial charge in [0.25, 0.3) is 0 Å². The van der Waals surface area contributed by atoms with E-state index < -0.39 is 5.97 Å². The van der Waals surface area contributed by atoms with Crippen molar-refractivity contribution in [3.8, 4) is 0 Å². The van der Waals surface area contributed by atoms with Gasteiger partial charge in [-0.2, -0.15) is 0 Å². The SMILES string of the molecule is O=C(O)c1ccc(N2C(=O)[C@@H]3[C@H]4C[C@@H]([C@@H](Br)[C@H]4Br)[C@H]3C2=O)cc1. The lowest BCUT2D eigenvalue weighted by atomic mass is 9.81. The van der Waals surface area contributed by atoms with Crippen LogP contribution in [0.2, 0.25) is 0 Å². The Balaban J connectivity index is 1.68. The van der Waals surface area contributed by atoms with Crippen LogP contribution in [0.4, 0.5) is 5.69 Å². The number of nitrogens with zero attached hydrogens (tertiary/aromatic N) is 1. The number of hydrogen-bond acceptors (Lipinski definition) is 3. The third-order valence-corrected chi connectivity index (χ3v) is 8.57. The number of alkyl halides is 2. The van der Waals surface area contributed by atoms with Crippen molar-refractivity contribution in [2.24, 2.45) is 23.7 Å². The van der Waals surface area contributed by atoms with Gasteiger partial charge in [-0.25, -0.2) is 4.79 Å². The predicted molar refractivity (Wildman–Crippen MR) is 89.9 cm³/mol. The first kappa shape index (κ1) is 15.3. The molecule has 7 heteroatoms. The van der Waals surface area contributed by atoms with Gasteiger partial charge in [0, 0.05) is 9.65 Å². The maximum Gasteiger partial charge on any atom is 0.335 e. The topological polar surface area (TPSA) is 74.7 Å². The van der Waals surface area contributed by atoms with E-state index in [0.717, 1.165) is 6.42 Å². The Morgan fingerprint density at radius 2 is 1.48 bits per heavy atom. The molecule has 1 aliphatic heterocycles. The fraction of sp³-hybridized carbons (Fsp3) is 0.438. The first-order valence-electron chi connectivity index (χ1n) is 7.41.